The summed E-state index contributed by atoms with van der Waals surface area (Å²) in [5, 5.41) is 13.4. The lowest BCUT2D eigenvalue weighted by atomic mass is 10.3. The number of carboxylic acid groups (broad SMARTS) is 1. The molecule has 0 fully saturated rings. The van der Waals surface area contributed by atoms with Gasteiger partial charge in [-0.1, -0.05) is 0 Å². The Morgan fingerprint density at radius 3 is 2.70 bits per heavy atom. The molecule has 0 atom stereocenters. The van der Waals surface area contributed by atoms with Crippen LogP contribution < -0.4 is 10.6 Å². The summed E-state index contributed by atoms with van der Waals surface area (Å²) in [6, 6.07) is 1.52. The van der Waals surface area contributed by atoms with Crippen molar-refractivity contribution in [1.29, 1.82) is 0 Å². The molecule has 0 unspecified atom stereocenters. The lowest BCUT2D eigenvalue weighted by Gasteiger charge is -2.06. The average Bonchev–Trinajstić information content (AvgIpc) is 2.91. The van der Waals surface area contributed by atoms with Gasteiger partial charge in [-0.15, -0.1) is 0 Å². The van der Waals surface area contributed by atoms with E-state index >= 15 is 0 Å². The highest BCUT2D eigenvalue weighted by atomic mass is 16.5. The Morgan fingerprint density at radius 2 is 2.05 bits per heavy atom. The topological polar surface area (TPSA) is 118 Å². The molecule has 20 heavy (non-hydrogen) atoms. The predicted molar refractivity (Wildman–Crippen MR) is 67.1 cm³/mol. The lowest BCUT2D eigenvalue weighted by molar-refractivity contribution is -0.142. The molecule has 0 radical (unpaired) electrons. The first-order valence-electron chi connectivity index (χ1n) is 5.96. The molecule has 2 amide bonds. The second kappa shape index (κ2) is 8.70. The van der Waals surface area contributed by atoms with Gasteiger partial charge in [0.25, 0.3) is 5.91 Å². The third kappa shape index (κ3) is 6.55. The fourth-order valence-corrected chi connectivity index (χ4v) is 1.30. The van der Waals surface area contributed by atoms with Crippen LogP contribution in [0, 0.1) is 0 Å². The maximum absolute atomic E-state index is 11.5. The van der Waals surface area contributed by atoms with Crippen LogP contribution >= 0.6 is 0 Å². The molecule has 0 aromatic carbocycles. The van der Waals surface area contributed by atoms with Gasteiger partial charge in [0.2, 0.25) is 5.91 Å². The van der Waals surface area contributed by atoms with Crippen molar-refractivity contribution in [3.63, 3.8) is 0 Å². The molecule has 0 saturated carbocycles. The summed E-state index contributed by atoms with van der Waals surface area (Å²) >= 11 is 0. The smallest absolute Gasteiger partial charge is 0.329 e. The highest BCUT2D eigenvalue weighted by molar-refractivity contribution is 5.93. The minimum Gasteiger partial charge on any atom is -0.480 e. The SMILES string of the molecule is O=C(O)COCCNC(=O)CCNC(=O)c1ccoc1. The van der Waals surface area contributed by atoms with E-state index in [1.165, 1.54) is 18.6 Å². The second-order valence-corrected chi connectivity index (χ2v) is 3.81. The summed E-state index contributed by atoms with van der Waals surface area (Å²) in [7, 11) is 0. The van der Waals surface area contributed by atoms with E-state index in [1.54, 1.807) is 0 Å². The van der Waals surface area contributed by atoms with Gasteiger partial charge < -0.3 is 24.9 Å². The minimum absolute atomic E-state index is 0.124. The molecule has 0 aliphatic rings. The number of furan rings is 1. The highest BCUT2D eigenvalue weighted by Gasteiger charge is 2.07. The Hall–Kier alpha value is -2.35. The zero-order chi connectivity index (χ0) is 14.8. The molecule has 1 aromatic heterocycles. The second-order valence-electron chi connectivity index (χ2n) is 3.81. The Bertz CT molecular complexity index is 443. The predicted octanol–water partition coefficient (Wildman–Crippen LogP) is -0.383. The number of nitrogens with one attached hydrogen (secondary N) is 2. The molecule has 110 valence electrons. The summed E-state index contributed by atoms with van der Waals surface area (Å²) in [5.74, 6) is -1.62. The maximum Gasteiger partial charge on any atom is 0.329 e. The minimum atomic E-state index is -1.06. The first-order valence-corrected chi connectivity index (χ1v) is 5.96. The molecule has 0 bridgehead atoms. The zero-order valence-electron chi connectivity index (χ0n) is 10.8. The molecule has 0 saturated heterocycles. The van der Waals surface area contributed by atoms with Crippen molar-refractivity contribution in [2.75, 3.05) is 26.3 Å². The Balaban J connectivity index is 2.03. The van der Waals surface area contributed by atoms with Crippen LogP contribution in [0.4, 0.5) is 0 Å². The molecule has 8 heteroatoms. The molecule has 0 spiro atoms. The van der Waals surface area contributed by atoms with Gasteiger partial charge in [0.15, 0.2) is 0 Å². The van der Waals surface area contributed by atoms with E-state index in [2.05, 4.69) is 10.6 Å². The van der Waals surface area contributed by atoms with E-state index in [1.807, 2.05) is 0 Å². The van der Waals surface area contributed by atoms with E-state index in [4.69, 9.17) is 14.3 Å². The summed E-state index contributed by atoms with van der Waals surface area (Å²) < 4.78 is 9.50. The highest BCUT2D eigenvalue weighted by Crippen LogP contribution is 1.98. The summed E-state index contributed by atoms with van der Waals surface area (Å²) in [4.78, 5) is 33.0. The Kier molecular flexibility index (Phi) is 6.83. The van der Waals surface area contributed by atoms with Gasteiger partial charge in [-0.2, -0.15) is 0 Å². The van der Waals surface area contributed by atoms with Crippen LogP contribution in [0.3, 0.4) is 0 Å². The normalized spacial score (nSPS) is 10.0. The maximum atomic E-state index is 11.5. The molecular weight excluding hydrogens is 268 g/mol. The van der Waals surface area contributed by atoms with Crippen molar-refractivity contribution >= 4 is 17.8 Å². The standard InChI is InChI=1S/C12H16N2O6/c15-10(13-4-6-20-8-11(16)17)1-3-14-12(18)9-2-5-19-7-9/h2,5,7H,1,3-4,6,8H2,(H,13,15)(H,14,18)(H,16,17). The van der Waals surface area contributed by atoms with E-state index < -0.39 is 12.6 Å². The fraction of sp³-hybridized carbons (Fsp3) is 0.417. The molecule has 1 aromatic rings. The van der Waals surface area contributed by atoms with Crippen molar-refractivity contribution in [1.82, 2.24) is 10.6 Å². The Labute approximate surface area is 115 Å². The zero-order valence-corrected chi connectivity index (χ0v) is 10.8. The number of carbonyl (C=O) groups excluding carboxylic acids is 2. The molecule has 3 N–H and O–H groups in total. The summed E-state index contributed by atoms with van der Waals surface area (Å²) in [5.41, 5.74) is 0.396. The Morgan fingerprint density at radius 1 is 1.25 bits per heavy atom. The van der Waals surface area contributed by atoms with Crippen LogP contribution in [0.2, 0.25) is 0 Å². The quantitative estimate of drug-likeness (QED) is 0.532. The number of carboxylic acids is 1. The number of rotatable bonds is 9. The van der Waals surface area contributed by atoms with Crippen molar-refractivity contribution in [2.24, 2.45) is 0 Å². The molecule has 1 rings (SSSR count). The van der Waals surface area contributed by atoms with Gasteiger partial charge >= 0.3 is 5.97 Å². The van der Waals surface area contributed by atoms with Crippen molar-refractivity contribution in [2.45, 2.75) is 6.42 Å². The first kappa shape index (κ1) is 15.7. The van der Waals surface area contributed by atoms with Gasteiger partial charge in [-0.3, -0.25) is 9.59 Å². The molecule has 0 aliphatic heterocycles. The van der Waals surface area contributed by atoms with Crippen molar-refractivity contribution in [3.8, 4) is 0 Å². The van der Waals surface area contributed by atoms with Gasteiger partial charge in [-0.25, -0.2) is 4.79 Å². The van der Waals surface area contributed by atoms with Crippen LogP contribution in [0.25, 0.3) is 0 Å². The summed E-state index contributed by atoms with van der Waals surface area (Å²) in [6.07, 6.45) is 2.83. The van der Waals surface area contributed by atoms with Crippen molar-refractivity contribution in [3.05, 3.63) is 24.2 Å². The number of amides is 2. The number of aliphatic carboxylic acids is 1. The molecule has 1 heterocycles. The number of ether oxygens (including phenoxy) is 1. The molecule has 8 nitrogen and oxygen atoms in total. The average molecular weight is 284 g/mol. The molecule has 0 aliphatic carbocycles. The van der Waals surface area contributed by atoms with E-state index in [-0.39, 0.29) is 37.9 Å². The van der Waals surface area contributed by atoms with Crippen LogP contribution in [0.15, 0.2) is 23.0 Å². The van der Waals surface area contributed by atoms with Gasteiger partial charge in [0.05, 0.1) is 18.4 Å². The number of carbonyl (C=O) groups is 3. The third-order valence-corrected chi connectivity index (χ3v) is 2.22. The van der Waals surface area contributed by atoms with Crippen molar-refractivity contribution < 1.29 is 28.6 Å². The largest absolute Gasteiger partial charge is 0.480 e. The number of hydrogen-bond donors (Lipinski definition) is 3. The van der Waals surface area contributed by atoms with Crippen LogP contribution in [-0.2, 0) is 14.3 Å². The fourth-order valence-electron chi connectivity index (χ4n) is 1.30. The van der Waals surface area contributed by atoms with Gasteiger partial charge in [0, 0.05) is 19.5 Å². The summed E-state index contributed by atoms with van der Waals surface area (Å²) in [6.45, 7) is 0.156. The lowest BCUT2D eigenvalue weighted by Crippen LogP contribution is -2.32. The van der Waals surface area contributed by atoms with E-state index in [9.17, 15) is 14.4 Å². The van der Waals surface area contributed by atoms with Gasteiger partial charge in [-0.05, 0) is 6.07 Å². The van der Waals surface area contributed by atoms with E-state index in [0.29, 0.717) is 5.56 Å². The van der Waals surface area contributed by atoms with Crippen LogP contribution in [0.1, 0.15) is 16.8 Å². The monoisotopic (exact) mass is 284 g/mol. The third-order valence-electron chi connectivity index (χ3n) is 2.22. The van der Waals surface area contributed by atoms with Crippen LogP contribution in [0.5, 0.6) is 0 Å². The van der Waals surface area contributed by atoms with Crippen LogP contribution in [-0.4, -0.2) is 49.2 Å². The molecular formula is C12H16N2O6. The number of hydrogen-bond acceptors (Lipinski definition) is 5. The van der Waals surface area contributed by atoms with E-state index in [0.717, 1.165) is 0 Å². The van der Waals surface area contributed by atoms with Gasteiger partial charge in [0.1, 0.15) is 12.9 Å². The first-order chi connectivity index (χ1) is 9.59.